The lowest BCUT2D eigenvalue weighted by molar-refractivity contribution is -0.116. The molecule has 4 heteroatoms. The molecule has 1 amide bonds. The monoisotopic (exact) mass is 273 g/mol. The van der Waals surface area contributed by atoms with Crippen LogP contribution in [0.3, 0.4) is 0 Å². The third kappa shape index (κ3) is 3.30. The summed E-state index contributed by atoms with van der Waals surface area (Å²) >= 11 is 3.26. The fourth-order valence-electron chi connectivity index (χ4n) is 1.07. The summed E-state index contributed by atoms with van der Waals surface area (Å²) in [6, 6.07) is 6.11. The van der Waals surface area contributed by atoms with Gasteiger partial charge < -0.3 is 5.32 Å². The van der Waals surface area contributed by atoms with Gasteiger partial charge in [-0.1, -0.05) is 41.9 Å². The van der Waals surface area contributed by atoms with Crippen molar-refractivity contribution >= 4 is 27.5 Å². The van der Waals surface area contributed by atoms with E-state index in [1.165, 1.54) is 12.1 Å². The highest BCUT2D eigenvalue weighted by atomic mass is 79.9. The van der Waals surface area contributed by atoms with Gasteiger partial charge in [0, 0.05) is 0 Å². The lowest BCUT2D eigenvalue weighted by Gasteiger charge is -2.13. The van der Waals surface area contributed by atoms with Crippen LogP contribution in [-0.2, 0) is 4.79 Å². The zero-order chi connectivity index (χ0) is 11.4. The number of hydrogen-bond acceptors (Lipinski definition) is 1. The first-order valence-electron chi connectivity index (χ1n) is 4.72. The van der Waals surface area contributed by atoms with Crippen LogP contribution < -0.4 is 5.32 Å². The first-order chi connectivity index (χ1) is 7.02. The highest BCUT2D eigenvalue weighted by Crippen LogP contribution is 2.17. The highest BCUT2D eigenvalue weighted by molar-refractivity contribution is 9.10. The van der Waals surface area contributed by atoms with Gasteiger partial charge in [-0.25, -0.2) is 4.39 Å². The molecule has 0 aliphatic rings. The fourth-order valence-corrected chi connectivity index (χ4v) is 1.18. The Labute approximate surface area is 97.0 Å². The van der Waals surface area contributed by atoms with Gasteiger partial charge in [0.25, 0.3) is 0 Å². The van der Waals surface area contributed by atoms with Gasteiger partial charge in [0.2, 0.25) is 5.91 Å². The molecular weight excluding hydrogens is 261 g/mol. The number of benzene rings is 1. The van der Waals surface area contributed by atoms with Gasteiger partial charge >= 0.3 is 0 Å². The molecule has 1 unspecified atom stereocenters. The summed E-state index contributed by atoms with van der Waals surface area (Å²) in [5.74, 6) is -0.485. The molecule has 82 valence electrons. The molecule has 0 aliphatic heterocycles. The van der Waals surface area contributed by atoms with Crippen molar-refractivity contribution in [3.63, 3.8) is 0 Å². The molecule has 0 radical (unpaired) electrons. The quantitative estimate of drug-likeness (QED) is 0.843. The fraction of sp³-hybridized carbons (Fsp3) is 0.364. The Morgan fingerprint density at radius 3 is 2.53 bits per heavy atom. The number of para-hydroxylation sites is 1. The molecule has 0 heterocycles. The van der Waals surface area contributed by atoms with E-state index in [0.29, 0.717) is 0 Å². The molecule has 0 spiro atoms. The molecule has 2 nitrogen and oxygen atoms in total. The largest absolute Gasteiger partial charge is 0.323 e. The minimum atomic E-state index is -0.422. The Hall–Kier alpha value is -0.900. The molecule has 0 saturated carbocycles. The number of hydrogen-bond donors (Lipinski definition) is 1. The Morgan fingerprint density at radius 2 is 2.00 bits per heavy atom. The van der Waals surface area contributed by atoms with Crippen molar-refractivity contribution in [3.05, 3.63) is 30.1 Å². The summed E-state index contributed by atoms with van der Waals surface area (Å²) in [6.07, 6.45) is 0. The summed E-state index contributed by atoms with van der Waals surface area (Å²) in [6.45, 7) is 3.83. The van der Waals surface area contributed by atoms with Crippen LogP contribution in [0.1, 0.15) is 13.8 Å². The van der Waals surface area contributed by atoms with Crippen LogP contribution in [0.4, 0.5) is 10.1 Å². The minimum Gasteiger partial charge on any atom is -0.323 e. The van der Waals surface area contributed by atoms with Crippen LogP contribution in [0.2, 0.25) is 0 Å². The predicted octanol–water partition coefficient (Wildman–Crippen LogP) is 3.18. The smallest absolute Gasteiger partial charge is 0.238 e. The van der Waals surface area contributed by atoms with E-state index in [1.54, 1.807) is 12.1 Å². The van der Waals surface area contributed by atoms with Crippen molar-refractivity contribution in [2.24, 2.45) is 5.92 Å². The number of anilines is 1. The van der Waals surface area contributed by atoms with Crippen LogP contribution in [-0.4, -0.2) is 10.7 Å². The first kappa shape index (κ1) is 12.2. The standard InChI is InChI=1S/C11H13BrFNO/c1-7(2)10(12)11(15)14-9-6-4-3-5-8(9)13/h3-7,10H,1-2H3,(H,14,15). The number of alkyl halides is 1. The van der Waals surface area contributed by atoms with E-state index >= 15 is 0 Å². The van der Waals surface area contributed by atoms with Gasteiger partial charge in [0.1, 0.15) is 5.82 Å². The van der Waals surface area contributed by atoms with Crippen molar-refractivity contribution in [2.75, 3.05) is 5.32 Å². The minimum absolute atomic E-state index is 0.164. The van der Waals surface area contributed by atoms with Crippen molar-refractivity contribution in [3.8, 4) is 0 Å². The second-order valence-electron chi connectivity index (χ2n) is 3.61. The average Bonchev–Trinajstić information content (AvgIpc) is 2.20. The lowest BCUT2D eigenvalue weighted by Crippen LogP contribution is -2.27. The van der Waals surface area contributed by atoms with Crippen LogP contribution in [0.25, 0.3) is 0 Å². The Morgan fingerprint density at radius 1 is 1.40 bits per heavy atom. The number of carbonyl (C=O) groups is 1. The molecular formula is C11H13BrFNO. The molecule has 0 bridgehead atoms. The van der Waals surface area contributed by atoms with Crippen molar-refractivity contribution < 1.29 is 9.18 Å². The van der Waals surface area contributed by atoms with Crippen molar-refractivity contribution in [2.45, 2.75) is 18.7 Å². The molecule has 1 atom stereocenters. The second-order valence-corrected chi connectivity index (χ2v) is 4.60. The zero-order valence-corrected chi connectivity index (χ0v) is 10.2. The van der Waals surface area contributed by atoms with Gasteiger partial charge in [-0.2, -0.15) is 0 Å². The number of amides is 1. The average molecular weight is 274 g/mol. The number of halogens is 2. The maximum Gasteiger partial charge on any atom is 0.238 e. The van der Waals surface area contributed by atoms with Crippen molar-refractivity contribution in [1.82, 2.24) is 0 Å². The Balaban J connectivity index is 2.71. The van der Waals surface area contributed by atoms with Crippen molar-refractivity contribution in [1.29, 1.82) is 0 Å². The normalized spacial score (nSPS) is 12.6. The van der Waals surface area contributed by atoms with Crippen LogP contribution in [0, 0.1) is 11.7 Å². The molecule has 1 aromatic rings. The van der Waals surface area contributed by atoms with E-state index in [9.17, 15) is 9.18 Å². The van der Waals surface area contributed by atoms with Crippen LogP contribution in [0.5, 0.6) is 0 Å². The van der Waals surface area contributed by atoms with E-state index in [4.69, 9.17) is 0 Å². The number of carbonyl (C=O) groups excluding carboxylic acids is 1. The summed E-state index contributed by atoms with van der Waals surface area (Å²) in [7, 11) is 0. The zero-order valence-electron chi connectivity index (χ0n) is 8.63. The second kappa shape index (κ2) is 5.26. The van der Waals surface area contributed by atoms with Crippen LogP contribution in [0.15, 0.2) is 24.3 Å². The van der Waals surface area contributed by atoms with Gasteiger partial charge in [-0.15, -0.1) is 0 Å². The SMILES string of the molecule is CC(C)C(Br)C(=O)Nc1ccccc1F. The lowest BCUT2D eigenvalue weighted by atomic mass is 10.1. The molecule has 1 N–H and O–H groups in total. The molecule has 0 aromatic heterocycles. The van der Waals surface area contributed by atoms with E-state index in [1.807, 2.05) is 13.8 Å². The topological polar surface area (TPSA) is 29.1 Å². The maximum absolute atomic E-state index is 13.2. The summed E-state index contributed by atoms with van der Waals surface area (Å²) in [5.41, 5.74) is 0.215. The molecule has 1 rings (SSSR count). The van der Waals surface area contributed by atoms with Crippen LogP contribution >= 0.6 is 15.9 Å². The Kier molecular flexibility index (Phi) is 4.27. The number of rotatable bonds is 3. The summed E-state index contributed by atoms with van der Waals surface area (Å²) in [4.78, 5) is 11.3. The molecule has 0 fully saturated rings. The summed E-state index contributed by atoms with van der Waals surface area (Å²) in [5, 5.41) is 2.53. The van der Waals surface area contributed by atoms with E-state index in [2.05, 4.69) is 21.2 Å². The Bertz CT molecular complexity index is 354. The highest BCUT2D eigenvalue weighted by Gasteiger charge is 2.19. The van der Waals surface area contributed by atoms with E-state index in [0.717, 1.165) is 0 Å². The molecule has 1 aromatic carbocycles. The van der Waals surface area contributed by atoms with E-state index < -0.39 is 5.82 Å². The van der Waals surface area contributed by atoms with Gasteiger partial charge in [-0.05, 0) is 18.1 Å². The van der Waals surface area contributed by atoms with Gasteiger partial charge in [-0.3, -0.25) is 4.79 Å². The maximum atomic E-state index is 13.2. The molecule has 15 heavy (non-hydrogen) atoms. The van der Waals surface area contributed by atoms with Gasteiger partial charge in [0.15, 0.2) is 0 Å². The predicted molar refractivity (Wildman–Crippen MR) is 62.6 cm³/mol. The summed E-state index contributed by atoms with van der Waals surface area (Å²) < 4.78 is 13.2. The third-order valence-corrected chi connectivity index (χ3v) is 3.44. The number of nitrogens with one attached hydrogen (secondary N) is 1. The molecule has 0 saturated heterocycles. The first-order valence-corrected chi connectivity index (χ1v) is 5.63. The third-order valence-electron chi connectivity index (χ3n) is 1.97. The van der Waals surface area contributed by atoms with Gasteiger partial charge in [0.05, 0.1) is 10.5 Å². The molecule has 0 aliphatic carbocycles. The van der Waals surface area contributed by atoms with E-state index in [-0.39, 0.29) is 22.3 Å².